The fourth-order valence-electron chi connectivity index (χ4n) is 2.12. The third kappa shape index (κ3) is 2.35. The number of amides is 1. The van der Waals surface area contributed by atoms with Crippen LogP contribution in [0, 0.1) is 12.8 Å². The zero-order chi connectivity index (χ0) is 12.5. The molecule has 1 aliphatic rings. The maximum Gasteiger partial charge on any atom is 0.224 e. The monoisotopic (exact) mass is 240 g/mol. The van der Waals surface area contributed by atoms with E-state index in [-0.39, 0.29) is 5.91 Å². The minimum Gasteiger partial charge on any atom is -0.324 e. The largest absolute Gasteiger partial charge is 0.324 e. The van der Waals surface area contributed by atoms with Gasteiger partial charge in [0.15, 0.2) is 0 Å². The van der Waals surface area contributed by atoms with E-state index < -0.39 is 0 Å². The van der Waals surface area contributed by atoms with E-state index in [0.29, 0.717) is 12.3 Å². The molecule has 18 heavy (non-hydrogen) atoms. The summed E-state index contributed by atoms with van der Waals surface area (Å²) in [5.41, 5.74) is 2.67. The van der Waals surface area contributed by atoms with Crippen molar-refractivity contribution in [2.24, 2.45) is 5.92 Å². The number of carbonyl (C=O) groups is 1. The van der Waals surface area contributed by atoms with Gasteiger partial charge in [-0.3, -0.25) is 9.78 Å². The number of aryl methyl sites for hydroxylation is 1. The molecule has 1 heterocycles. The standard InChI is InChI=1S/C15H16N2O/c1-10-14(17-15(18)8-11-6-7-11)9-12-4-2-3-5-13(12)16-10/h2-5,9,11H,6-8H2,1H3,(H,17,18). The summed E-state index contributed by atoms with van der Waals surface area (Å²) in [6.45, 7) is 1.93. The van der Waals surface area contributed by atoms with Crippen LogP contribution in [-0.2, 0) is 4.79 Å². The van der Waals surface area contributed by atoms with Crippen LogP contribution in [0.25, 0.3) is 10.9 Å². The highest BCUT2D eigenvalue weighted by molar-refractivity contribution is 5.94. The fraction of sp³-hybridized carbons (Fsp3) is 0.333. The average Bonchev–Trinajstić information content (AvgIpc) is 3.14. The molecule has 1 amide bonds. The molecule has 1 N–H and O–H groups in total. The minimum absolute atomic E-state index is 0.109. The number of pyridine rings is 1. The van der Waals surface area contributed by atoms with E-state index in [1.54, 1.807) is 0 Å². The van der Waals surface area contributed by atoms with Crippen LogP contribution in [0.3, 0.4) is 0 Å². The van der Waals surface area contributed by atoms with Crippen molar-refractivity contribution in [3.8, 4) is 0 Å². The predicted molar refractivity (Wildman–Crippen MR) is 72.5 cm³/mol. The second-order valence-electron chi connectivity index (χ2n) is 5.01. The van der Waals surface area contributed by atoms with Crippen LogP contribution in [0.15, 0.2) is 30.3 Å². The molecule has 0 aliphatic heterocycles. The molecular weight excluding hydrogens is 224 g/mol. The highest BCUT2D eigenvalue weighted by Gasteiger charge is 2.24. The quantitative estimate of drug-likeness (QED) is 0.894. The Labute approximate surface area is 106 Å². The Morgan fingerprint density at radius 2 is 2.17 bits per heavy atom. The molecule has 1 saturated carbocycles. The van der Waals surface area contributed by atoms with Gasteiger partial charge in [-0.15, -0.1) is 0 Å². The number of anilines is 1. The molecule has 0 atom stereocenters. The van der Waals surface area contributed by atoms with Gasteiger partial charge in [-0.05, 0) is 37.8 Å². The second-order valence-corrected chi connectivity index (χ2v) is 5.01. The Hall–Kier alpha value is -1.90. The SMILES string of the molecule is Cc1nc2ccccc2cc1NC(=O)CC1CC1. The van der Waals surface area contributed by atoms with Crippen molar-refractivity contribution in [2.45, 2.75) is 26.2 Å². The fourth-order valence-corrected chi connectivity index (χ4v) is 2.12. The Morgan fingerprint density at radius 1 is 1.39 bits per heavy atom. The van der Waals surface area contributed by atoms with Crippen LogP contribution >= 0.6 is 0 Å². The molecule has 0 radical (unpaired) electrons. The zero-order valence-electron chi connectivity index (χ0n) is 10.4. The number of aromatic nitrogens is 1. The van der Waals surface area contributed by atoms with E-state index in [1.165, 1.54) is 12.8 Å². The highest BCUT2D eigenvalue weighted by Crippen LogP contribution is 2.32. The number of nitrogens with zero attached hydrogens (tertiary/aromatic N) is 1. The number of fused-ring (bicyclic) bond motifs is 1. The molecular formula is C15H16N2O. The van der Waals surface area contributed by atoms with Gasteiger partial charge in [0, 0.05) is 11.8 Å². The Kier molecular flexibility index (Phi) is 2.74. The van der Waals surface area contributed by atoms with E-state index in [4.69, 9.17) is 0 Å². The maximum atomic E-state index is 11.8. The third-order valence-electron chi connectivity index (χ3n) is 3.36. The van der Waals surface area contributed by atoms with E-state index in [2.05, 4.69) is 10.3 Å². The van der Waals surface area contributed by atoms with Gasteiger partial charge in [0.05, 0.1) is 16.9 Å². The molecule has 0 bridgehead atoms. The number of hydrogen-bond donors (Lipinski definition) is 1. The lowest BCUT2D eigenvalue weighted by molar-refractivity contribution is -0.116. The number of rotatable bonds is 3. The summed E-state index contributed by atoms with van der Waals surface area (Å²) in [7, 11) is 0. The van der Waals surface area contributed by atoms with E-state index in [1.807, 2.05) is 37.3 Å². The van der Waals surface area contributed by atoms with Gasteiger partial charge < -0.3 is 5.32 Å². The van der Waals surface area contributed by atoms with Gasteiger partial charge in [-0.25, -0.2) is 0 Å². The highest BCUT2D eigenvalue weighted by atomic mass is 16.1. The lowest BCUT2D eigenvalue weighted by Gasteiger charge is -2.09. The first kappa shape index (κ1) is 11.2. The molecule has 3 rings (SSSR count). The van der Waals surface area contributed by atoms with E-state index in [0.717, 1.165) is 22.3 Å². The summed E-state index contributed by atoms with van der Waals surface area (Å²) in [5.74, 6) is 0.719. The van der Waals surface area contributed by atoms with Crippen molar-refractivity contribution in [3.05, 3.63) is 36.0 Å². The summed E-state index contributed by atoms with van der Waals surface area (Å²) in [5, 5.41) is 4.03. The van der Waals surface area contributed by atoms with Gasteiger partial charge in [0.2, 0.25) is 5.91 Å². The Bertz CT molecular complexity index is 602. The number of nitrogens with one attached hydrogen (secondary N) is 1. The van der Waals surface area contributed by atoms with Crippen LogP contribution in [0.5, 0.6) is 0 Å². The van der Waals surface area contributed by atoms with Crippen molar-refractivity contribution < 1.29 is 4.79 Å². The molecule has 1 aromatic carbocycles. The lowest BCUT2D eigenvalue weighted by atomic mass is 10.1. The van der Waals surface area contributed by atoms with Gasteiger partial charge >= 0.3 is 0 Å². The summed E-state index contributed by atoms with van der Waals surface area (Å²) in [6.07, 6.45) is 3.04. The van der Waals surface area contributed by atoms with E-state index >= 15 is 0 Å². The Morgan fingerprint density at radius 3 is 2.94 bits per heavy atom. The normalized spacial score (nSPS) is 14.7. The van der Waals surface area contributed by atoms with Gasteiger partial charge in [0.1, 0.15) is 0 Å². The molecule has 0 saturated heterocycles. The summed E-state index contributed by atoms with van der Waals surface area (Å²) in [4.78, 5) is 16.3. The molecule has 1 fully saturated rings. The molecule has 0 unspecified atom stereocenters. The zero-order valence-corrected chi connectivity index (χ0v) is 10.4. The summed E-state index contributed by atoms with van der Waals surface area (Å²) >= 11 is 0. The second kappa shape index (κ2) is 4.41. The van der Waals surface area contributed by atoms with Crippen LogP contribution in [-0.4, -0.2) is 10.9 Å². The average molecular weight is 240 g/mol. The first-order valence-electron chi connectivity index (χ1n) is 6.38. The molecule has 92 valence electrons. The van der Waals surface area contributed by atoms with Gasteiger partial charge in [0.25, 0.3) is 0 Å². The Balaban J connectivity index is 1.85. The minimum atomic E-state index is 0.109. The molecule has 0 spiro atoms. The first-order chi connectivity index (χ1) is 8.72. The molecule has 1 aliphatic carbocycles. The number of carbonyl (C=O) groups excluding carboxylic acids is 1. The van der Waals surface area contributed by atoms with Crippen molar-refractivity contribution in [1.29, 1.82) is 0 Å². The first-order valence-corrected chi connectivity index (χ1v) is 6.38. The molecule has 3 nitrogen and oxygen atoms in total. The van der Waals surface area contributed by atoms with Crippen molar-refractivity contribution >= 4 is 22.5 Å². The third-order valence-corrected chi connectivity index (χ3v) is 3.36. The summed E-state index contributed by atoms with van der Waals surface area (Å²) in [6, 6.07) is 9.95. The van der Waals surface area contributed by atoms with Crippen molar-refractivity contribution in [3.63, 3.8) is 0 Å². The molecule has 1 aromatic heterocycles. The number of benzene rings is 1. The summed E-state index contributed by atoms with van der Waals surface area (Å²) < 4.78 is 0. The van der Waals surface area contributed by atoms with E-state index in [9.17, 15) is 4.79 Å². The molecule has 3 heteroatoms. The van der Waals surface area contributed by atoms with Crippen LogP contribution in [0.2, 0.25) is 0 Å². The van der Waals surface area contributed by atoms with Crippen LogP contribution in [0.1, 0.15) is 25.0 Å². The maximum absolute atomic E-state index is 11.8. The van der Waals surface area contributed by atoms with Gasteiger partial charge in [-0.1, -0.05) is 18.2 Å². The van der Waals surface area contributed by atoms with Crippen LogP contribution < -0.4 is 5.32 Å². The number of para-hydroxylation sites is 1. The van der Waals surface area contributed by atoms with Crippen LogP contribution in [0.4, 0.5) is 5.69 Å². The lowest BCUT2D eigenvalue weighted by Crippen LogP contribution is -2.13. The smallest absolute Gasteiger partial charge is 0.224 e. The predicted octanol–water partition coefficient (Wildman–Crippen LogP) is 3.28. The van der Waals surface area contributed by atoms with Crippen molar-refractivity contribution in [2.75, 3.05) is 5.32 Å². The number of hydrogen-bond acceptors (Lipinski definition) is 2. The topological polar surface area (TPSA) is 42.0 Å². The van der Waals surface area contributed by atoms with Gasteiger partial charge in [-0.2, -0.15) is 0 Å². The molecule has 2 aromatic rings. The van der Waals surface area contributed by atoms with Crippen molar-refractivity contribution in [1.82, 2.24) is 4.98 Å².